The van der Waals surface area contributed by atoms with Gasteiger partial charge in [0.25, 0.3) is 0 Å². The van der Waals surface area contributed by atoms with Gasteiger partial charge in [-0.3, -0.25) is 9.59 Å². The average Bonchev–Trinajstić information content (AvgIpc) is 2.89. The number of hydrogen-bond acceptors (Lipinski definition) is 3. The van der Waals surface area contributed by atoms with Crippen molar-refractivity contribution in [2.75, 3.05) is 7.11 Å². The summed E-state index contributed by atoms with van der Waals surface area (Å²) in [4.78, 5) is 21.2. The van der Waals surface area contributed by atoms with E-state index in [1.165, 1.54) is 155 Å². The van der Waals surface area contributed by atoms with Gasteiger partial charge in [0.1, 0.15) is 0 Å². The van der Waals surface area contributed by atoms with Crippen LogP contribution in [0.3, 0.4) is 0 Å². The molecule has 4 heteroatoms. The van der Waals surface area contributed by atoms with Crippen LogP contribution in [0.15, 0.2) is 0 Å². The van der Waals surface area contributed by atoms with E-state index in [9.17, 15) is 9.59 Å². The van der Waals surface area contributed by atoms with Crippen molar-refractivity contribution in [2.45, 2.75) is 194 Å². The highest BCUT2D eigenvalue weighted by Crippen LogP contribution is 2.14. The zero-order valence-corrected chi connectivity index (χ0v) is 25.5. The van der Waals surface area contributed by atoms with Crippen LogP contribution in [0, 0.1) is 0 Å². The lowest BCUT2D eigenvalue weighted by molar-refractivity contribution is -0.141. The normalized spacial score (nSPS) is 10.7. The van der Waals surface area contributed by atoms with E-state index >= 15 is 0 Å². The Balaban J connectivity index is 0. The van der Waals surface area contributed by atoms with E-state index in [1.807, 2.05) is 0 Å². The van der Waals surface area contributed by atoms with Gasteiger partial charge in [0.05, 0.1) is 7.11 Å². The van der Waals surface area contributed by atoms with Gasteiger partial charge in [0.2, 0.25) is 0 Å². The topological polar surface area (TPSA) is 63.6 Å². The van der Waals surface area contributed by atoms with E-state index in [2.05, 4.69) is 18.6 Å². The standard InChI is InChI=1S/C17H34O2.C16H32O2/c1-3-4-5-6-7-8-9-10-11-12-13-14-15-16-17(18)19-2;1-2-3-4-5-6-7-8-9-10-11-12-13-14-15-16(17)18/h3-16H2,1-2H3;2-15H2,1H3,(H,17,18). The number of hydrogen-bond donors (Lipinski definition) is 1. The number of carbonyl (C=O) groups is 2. The lowest BCUT2D eigenvalue weighted by Crippen LogP contribution is -1.99. The Morgan fingerprint density at radius 1 is 0.432 bits per heavy atom. The Bertz CT molecular complexity index is 450. The fourth-order valence-electron chi connectivity index (χ4n) is 4.68. The predicted molar refractivity (Wildman–Crippen MR) is 160 cm³/mol. The van der Waals surface area contributed by atoms with Crippen molar-refractivity contribution in [2.24, 2.45) is 0 Å². The lowest BCUT2D eigenvalue weighted by atomic mass is 10.0. The van der Waals surface area contributed by atoms with E-state index in [0.29, 0.717) is 12.8 Å². The third kappa shape index (κ3) is 39.6. The van der Waals surface area contributed by atoms with Gasteiger partial charge in [0, 0.05) is 12.8 Å². The minimum Gasteiger partial charge on any atom is -0.481 e. The number of carbonyl (C=O) groups excluding carboxylic acids is 1. The van der Waals surface area contributed by atoms with Gasteiger partial charge in [-0.25, -0.2) is 0 Å². The van der Waals surface area contributed by atoms with Crippen LogP contribution in [0.25, 0.3) is 0 Å². The van der Waals surface area contributed by atoms with Gasteiger partial charge in [-0.1, -0.05) is 168 Å². The van der Waals surface area contributed by atoms with Crippen molar-refractivity contribution in [3.05, 3.63) is 0 Å². The second-order valence-electron chi connectivity index (χ2n) is 11.0. The third-order valence-electron chi connectivity index (χ3n) is 7.21. The molecule has 0 rings (SSSR count). The Hall–Kier alpha value is -1.06. The van der Waals surface area contributed by atoms with Crippen molar-refractivity contribution in [3.8, 4) is 0 Å². The number of ether oxygens (including phenoxy) is 1. The molecule has 0 atom stereocenters. The van der Waals surface area contributed by atoms with Crippen molar-refractivity contribution in [1.82, 2.24) is 0 Å². The summed E-state index contributed by atoms with van der Waals surface area (Å²) in [5.74, 6) is -0.721. The maximum absolute atomic E-state index is 10.9. The van der Waals surface area contributed by atoms with E-state index in [0.717, 1.165) is 19.3 Å². The molecule has 0 aromatic rings. The first-order chi connectivity index (χ1) is 18.1. The number of methoxy groups -OCH3 is 1. The van der Waals surface area contributed by atoms with Gasteiger partial charge >= 0.3 is 11.9 Å². The molecule has 0 bridgehead atoms. The number of carboxylic acid groups (broad SMARTS) is 1. The van der Waals surface area contributed by atoms with E-state index in [1.54, 1.807) is 0 Å². The highest BCUT2D eigenvalue weighted by Gasteiger charge is 1.99. The van der Waals surface area contributed by atoms with Gasteiger partial charge in [-0.2, -0.15) is 0 Å². The van der Waals surface area contributed by atoms with Gasteiger partial charge in [-0.15, -0.1) is 0 Å². The summed E-state index contributed by atoms with van der Waals surface area (Å²) < 4.78 is 4.62. The smallest absolute Gasteiger partial charge is 0.305 e. The van der Waals surface area contributed by atoms with Crippen LogP contribution in [-0.4, -0.2) is 24.2 Å². The van der Waals surface area contributed by atoms with Crippen LogP contribution < -0.4 is 0 Å². The summed E-state index contributed by atoms with van der Waals surface area (Å²) in [7, 11) is 1.46. The van der Waals surface area contributed by atoms with Gasteiger partial charge < -0.3 is 9.84 Å². The summed E-state index contributed by atoms with van der Waals surface area (Å²) in [5.41, 5.74) is 0. The Morgan fingerprint density at radius 2 is 0.676 bits per heavy atom. The second-order valence-corrected chi connectivity index (χ2v) is 11.0. The second kappa shape index (κ2) is 34.9. The Kier molecular flexibility index (Phi) is 36.0. The molecule has 222 valence electrons. The van der Waals surface area contributed by atoms with Crippen LogP contribution in [0.4, 0.5) is 0 Å². The van der Waals surface area contributed by atoms with E-state index in [4.69, 9.17) is 5.11 Å². The minimum absolute atomic E-state index is 0.0666. The van der Waals surface area contributed by atoms with Crippen molar-refractivity contribution in [3.63, 3.8) is 0 Å². The zero-order valence-electron chi connectivity index (χ0n) is 25.5. The lowest BCUT2D eigenvalue weighted by Gasteiger charge is -2.03. The molecule has 37 heavy (non-hydrogen) atoms. The minimum atomic E-state index is -0.655. The quantitative estimate of drug-likeness (QED) is 0.0813. The average molecular weight is 527 g/mol. The zero-order chi connectivity index (χ0) is 27.7. The summed E-state index contributed by atoms with van der Waals surface area (Å²) in [6.45, 7) is 4.53. The van der Waals surface area contributed by atoms with Crippen molar-refractivity contribution < 1.29 is 19.4 Å². The predicted octanol–water partition coefficient (Wildman–Crippen LogP) is 11.2. The summed E-state index contributed by atoms with van der Waals surface area (Å²) >= 11 is 0. The Morgan fingerprint density at radius 3 is 0.919 bits per heavy atom. The number of aliphatic carboxylic acids is 1. The van der Waals surface area contributed by atoms with Crippen LogP contribution in [-0.2, 0) is 14.3 Å². The summed E-state index contributed by atoms with van der Waals surface area (Å²) in [5, 5.41) is 8.49. The maximum atomic E-state index is 10.9. The van der Waals surface area contributed by atoms with E-state index < -0.39 is 5.97 Å². The molecule has 0 spiro atoms. The largest absolute Gasteiger partial charge is 0.481 e. The van der Waals surface area contributed by atoms with Gasteiger partial charge in [-0.05, 0) is 12.8 Å². The molecule has 0 aliphatic rings. The van der Waals surface area contributed by atoms with Gasteiger partial charge in [0.15, 0.2) is 0 Å². The molecule has 0 amide bonds. The van der Waals surface area contributed by atoms with Crippen LogP contribution in [0.2, 0.25) is 0 Å². The first-order valence-corrected chi connectivity index (χ1v) is 16.4. The molecular formula is C33H66O4. The monoisotopic (exact) mass is 526 g/mol. The van der Waals surface area contributed by atoms with E-state index in [-0.39, 0.29) is 5.97 Å². The summed E-state index contributed by atoms with van der Waals surface area (Å²) in [6.07, 6.45) is 35.3. The molecule has 0 aromatic heterocycles. The SMILES string of the molecule is CCCCCCCCCCCCCCCC(=O)O.CCCCCCCCCCCCCCCC(=O)OC. The molecule has 0 aromatic carbocycles. The highest BCUT2D eigenvalue weighted by molar-refractivity contribution is 5.69. The molecule has 0 radical (unpaired) electrons. The molecule has 0 fully saturated rings. The molecule has 0 aliphatic carbocycles. The number of rotatable bonds is 28. The summed E-state index contributed by atoms with van der Waals surface area (Å²) in [6, 6.07) is 0. The van der Waals surface area contributed by atoms with Crippen LogP contribution in [0.1, 0.15) is 194 Å². The molecule has 1 N–H and O–H groups in total. The first kappa shape index (κ1) is 38.1. The maximum Gasteiger partial charge on any atom is 0.305 e. The highest BCUT2D eigenvalue weighted by atomic mass is 16.5. The van der Waals surface area contributed by atoms with Crippen LogP contribution >= 0.6 is 0 Å². The van der Waals surface area contributed by atoms with Crippen molar-refractivity contribution in [1.29, 1.82) is 0 Å². The third-order valence-corrected chi connectivity index (χ3v) is 7.21. The number of unbranched alkanes of at least 4 members (excludes halogenated alkanes) is 24. The Labute approximate surface area is 232 Å². The molecule has 0 saturated carbocycles. The van der Waals surface area contributed by atoms with Crippen LogP contribution in [0.5, 0.6) is 0 Å². The molecule has 4 nitrogen and oxygen atoms in total. The fourth-order valence-corrected chi connectivity index (χ4v) is 4.68. The molecule has 0 unspecified atom stereocenters. The molecule has 0 aliphatic heterocycles. The number of esters is 1. The van der Waals surface area contributed by atoms with Crippen molar-refractivity contribution >= 4 is 11.9 Å². The molecular weight excluding hydrogens is 460 g/mol. The molecule has 0 heterocycles. The number of carboxylic acids is 1. The molecule has 0 saturated heterocycles. The fraction of sp³-hybridized carbons (Fsp3) is 0.939. The first-order valence-electron chi connectivity index (χ1n) is 16.4.